The molecule has 8 heteroatoms. The van der Waals surface area contributed by atoms with Crippen LogP contribution in [0.15, 0.2) is 29.4 Å². The van der Waals surface area contributed by atoms with Gasteiger partial charge in [-0.2, -0.15) is 8.42 Å². The van der Waals surface area contributed by atoms with E-state index in [2.05, 4.69) is 14.7 Å². The monoisotopic (exact) mass is 299 g/mol. The van der Waals surface area contributed by atoms with E-state index in [-0.39, 0.29) is 16.5 Å². The average Bonchev–Trinajstić information content (AvgIpc) is 2.90. The van der Waals surface area contributed by atoms with E-state index >= 15 is 0 Å². The second kappa shape index (κ2) is 5.49. The molecule has 20 heavy (non-hydrogen) atoms. The number of nitrogens with one attached hydrogen (secondary N) is 2. The molecule has 0 spiro atoms. The topological polar surface area (TPSA) is 84.1 Å². The van der Waals surface area contributed by atoms with Crippen LogP contribution in [0.1, 0.15) is 12.7 Å². The number of methoxy groups -OCH3 is 1. The van der Waals surface area contributed by atoms with Gasteiger partial charge in [-0.05, 0) is 12.1 Å². The fraction of sp³-hybridized carbons (Fsp3) is 0.250. The Hall–Kier alpha value is -2.09. The van der Waals surface area contributed by atoms with Crippen molar-refractivity contribution >= 4 is 15.7 Å². The smallest absolute Gasteiger partial charge is 0.278 e. The Morgan fingerprint density at radius 1 is 1.45 bits per heavy atom. The van der Waals surface area contributed by atoms with Crippen molar-refractivity contribution < 1.29 is 17.5 Å². The number of ether oxygens (including phenoxy) is 1. The number of benzene rings is 1. The minimum Gasteiger partial charge on any atom is -0.494 e. The van der Waals surface area contributed by atoms with Crippen LogP contribution in [0, 0.1) is 5.82 Å². The first kappa shape index (κ1) is 14.3. The molecule has 0 aliphatic carbocycles. The molecule has 2 N–H and O–H groups in total. The van der Waals surface area contributed by atoms with E-state index in [0.29, 0.717) is 12.2 Å². The predicted molar refractivity (Wildman–Crippen MR) is 71.7 cm³/mol. The lowest BCUT2D eigenvalue weighted by molar-refractivity contribution is 0.387. The summed E-state index contributed by atoms with van der Waals surface area (Å²) in [7, 11) is -2.48. The van der Waals surface area contributed by atoms with Crippen LogP contribution in [0.25, 0.3) is 0 Å². The van der Waals surface area contributed by atoms with Crippen molar-refractivity contribution in [1.82, 2.24) is 9.97 Å². The summed E-state index contributed by atoms with van der Waals surface area (Å²) >= 11 is 0. The summed E-state index contributed by atoms with van der Waals surface area (Å²) in [4.78, 5) is 6.63. The van der Waals surface area contributed by atoms with Gasteiger partial charge in [0.2, 0.25) is 0 Å². The van der Waals surface area contributed by atoms with Gasteiger partial charge in [-0.1, -0.05) is 6.92 Å². The maximum absolute atomic E-state index is 13.3. The SMILES string of the molecule is CCc1ncc(S(=O)(=O)Nc2ccc(F)c(OC)c2)[nH]1. The summed E-state index contributed by atoms with van der Waals surface area (Å²) < 4.78 is 44.6. The van der Waals surface area contributed by atoms with E-state index in [0.717, 1.165) is 6.07 Å². The first-order valence-corrected chi connectivity index (χ1v) is 7.35. The molecule has 0 amide bonds. The van der Waals surface area contributed by atoms with Crippen LogP contribution in [0.2, 0.25) is 0 Å². The summed E-state index contributed by atoms with van der Waals surface area (Å²) in [6.45, 7) is 1.85. The molecule has 0 fully saturated rings. The van der Waals surface area contributed by atoms with Crippen molar-refractivity contribution in [3.8, 4) is 5.75 Å². The van der Waals surface area contributed by atoms with Crippen LogP contribution in [0.4, 0.5) is 10.1 Å². The molecular weight excluding hydrogens is 285 g/mol. The number of anilines is 1. The first-order valence-electron chi connectivity index (χ1n) is 5.86. The third-order valence-corrected chi connectivity index (χ3v) is 3.92. The number of sulfonamides is 1. The fourth-order valence-corrected chi connectivity index (χ4v) is 2.58. The highest BCUT2D eigenvalue weighted by Crippen LogP contribution is 2.23. The Bertz CT molecular complexity index is 712. The molecule has 0 unspecified atom stereocenters. The van der Waals surface area contributed by atoms with Crippen molar-refractivity contribution in [2.75, 3.05) is 11.8 Å². The number of nitrogens with zero attached hydrogens (tertiary/aromatic N) is 1. The lowest BCUT2D eigenvalue weighted by Crippen LogP contribution is -2.13. The Kier molecular flexibility index (Phi) is 3.93. The second-order valence-corrected chi connectivity index (χ2v) is 5.65. The summed E-state index contributed by atoms with van der Waals surface area (Å²) in [6.07, 6.45) is 1.84. The van der Waals surface area contributed by atoms with Crippen LogP contribution < -0.4 is 9.46 Å². The van der Waals surface area contributed by atoms with Gasteiger partial charge in [-0.15, -0.1) is 0 Å². The van der Waals surface area contributed by atoms with Gasteiger partial charge < -0.3 is 9.72 Å². The Labute approximate surface area is 116 Å². The lowest BCUT2D eigenvalue weighted by Gasteiger charge is -2.08. The Morgan fingerprint density at radius 3 is 2.80 bits per heavy atom. The van der Waals surface area contributed by atoms with Gasteiger partial charge in [0.15, 0.2) is 16.6 Å². The lowest BCUT2D eigenvalue weighted by atomic mass is 10.3. The molecule has 2 aromatic rings. The molecule has 2 rings (SSSR count). The summed E-state index contributed by atoms with van der Waals surface area (Å²) in [5.41, 5.74) is 0.205. The zero-order valence-corrected chi connectivity index (χ0v) is 11.8. The van der Waals surface area contributed by atoms with Crippen LogP contribution in [-0.4, -0.2) is 25.5 Å². The number of aromatic amines is 1. The van der Waals surface area contributed by atoms with Crippen molar-refractivity contribution in [2.45, 2.75) is 18.4 Å². The number of aryl methyl sites for hydroxylation is 1. The first-order chi connectivity index (χ1) is 9.46. The van der Waals surface area contributed by atoms with Gasteiger partial charge in [-0.3, -0.25) is 4.72 Å². The number of hydrogen-bond acceptors (Lipinski definition) is 4. The molecule has 0 aliphatic rings. The van der Waals surface area contributed by atoms with E-state index < -0.39 is 15.8 Å². The predicted octanol–water partition coefficient (Wildman–Crippen LogP) is 1.92. The van der Waals surface area contributed by atoms with Gasteiger partial charge in [-0.25, -0.2) is 9.37 Å². The van der Waals surface area contributed by atoms with Crippen molar-refractivity contribution in [3.63, 3.8) is 0 Å². The number of imidazole rings is 1. The quantitative estimate of drug-likeness (QED) is 0.883. The summed E-state index contributed by atoms with van der Waals surface area (Å²) in [6, 6.07) is 3.71. The van der Waals surface area contributed by atoms with Gasteiger partial charge in [0, 0.05) is 12.5 Å². The maximum Gasteiger partial charge on any atom is 0.278 e. The number of aromatic nitrogens is 2. The minimum absolute atomic E-state index is 0.0379. The number of rotatable bonds is 5. The molecule has 1 aromatic heterocycles. The molecule has 0 atom stereocenters. The van der Waals surface area contributed by atoms with Crippen molar-refractivity contribution in [2.24, 2.45) is 0 Å². The molecule has 6 nitrogen and oxygen atoms in total. The maximum atomic E-state index is 13.3. The van der Waals surface area contributed by atoms with Crippen molar-refractivity contribution in [3.05, 3.63) is 36.0 Å². The molecule has 0 aliphatic heterocycles. The van der Waals surface area contributed by atoms with Crippen LogP contribution in [0.5, 0.6) is 5.75 Å². The number of H-pyrrole nitrogens is 1. The van der Waals surface area contributed by atoms with Crippen LogP contribution in [0.3, 0.4) is 0 Å². The van der Waals surface area contributed by atoms with Gasteiger partial charge in [0.1, 0.15) is 5.82 Å². The van der Waals surface area contributed by atoms with Gasteiger partial charge >= 0.3 is 0 Å². The zero-order chi connectivity index (χ0) is 14.8. The van der Waals surface area contributed by atoms with E-state index in [1.165, 1.54) is 25.4 Å². The molecular formula is C12H14FN3O3S. The fourth-order valence-electron chi connectivity index (χ4n) is 1.59. The van der Waals surface area contributed by atoms with E-state index in [1.807, 2.05) is 6.92 Å². The molecule has 0 radical (unpaired) electrons. The second-order valence-electron chi connectivity index (χ2n) is 4.00. The Morgan fingerprint density at radius 2 is 2.20 bits per heavy atom. The zero-order valence-electron chi connectivity index (χ0n) is 11.0. The highest BCUT2D eigenvalue weighted by molar-refractivity contribution is 7.92. The third-order valence-electron chi connectivity index (χ3n) is 2.63. The molecule has 0 bridgehead atoms. The van der Waals surface area contributed by atoms with Crippen LogP contribution >= 0.6 is 0 Å². The normalized spacial score (nSPS) is 11.3. The average molecular weight is 299 g/mol. The van der Waals surface area contributed by atoms with Gasteiger partial charge in [0.25, 0.3) is 10.0 Å². The molecule has 1 heterocycles. The number of halogens is 1. The molecule has 0 saturated carbocycles. The summed E-state index contributed by atoms with van der Waals surface area (Å²) in [5.74, 6) is -0.0311. The van der Waals surface area contributed by atoms with Crippen LogP contribution in [-0.2, 0) is 16.4 Å². The van der Waals surface area contributed by atoms with E-state index in [4.69, 9.17) is 4.74 Å². The summed E-state index contributed by atoms with van der Waals surface area (Å²) in [5, 5.41) is -0.0439. The van der Waals surface area contributed by atoms with Crippen molar-refractivity contribution in [1.29, 1.82) is 0 Å². The molecule has 0 saturated heterocycles. The standard InChI is InChI=1S/C12H14FN3O3S/c1-3-11-14-7-12(15-11)20(17,18)16-8-4-5-9(13)10(6-8)19-2/h4-7,16H,3H2,1-2H3,(H,14,15). The minimum atomic E-state index is -3.79. The highest BCUT2D eigenvalue weighted by Gasteiger charge is 2.17. The molecule has 108 valence electrons. The van der Waals surface area contributed by atoms with E-state index in [1.54, 1.807) is 0 Å². The van der Waals surface area contributed by atoms with Gasteiger partial charge in [0.05, 0.1) is 19.0 Å². The largest absolute Gasteiger partial charge is 0.494 e. The number of hydrogen-bond donors (Lipinski definition) is 2. The van der Waals surface area contributed by atoms with E-state index in [9.17, 15) is 12.8 Å². The highest BCUT2D eigenvalue weighted by atomic mass is 32.2. The molecule has 1 aromatic carbocycles. The third kappa shape index (κ3) is 2.90. The Balaban J connectivity index is 2.28.